The molecule has 2 amide bonds. The molecule has 0 spiro atoms. The van der Waals surface area contributed by atoms with Crippen molar-refractivity contribution in [1.82, 2.24) is 29.8 Å². The van der Waals surface area contributed by atoms with Crippen molar-refractivity contribution in [2.45, 2.75) is 32.0 Å². The number of anilines is 2. The lowest BCUT2D eigenvalue weighted by Gasteiger charge is -2.14. The minimum Gasteiger partial charge on any atom is -0.477 e. The summed E-state index contributed by atoms with van der Waals surface area (Å²) in [6.45, 7) is 0.916. The zero-order valence-electron chi connectivity index (χ0n) is 26.3. The number of carbonyl (C=O) groups is 3. The van der Waals surface area contributed by atoms with Gasteiger partial charge in [-0.15, -0.1) is 12.4 Å². The first-order chi connectivity index (χ1) is 23.9. The Labute approximate surface area is 291 Å². The monoisotopic (exact) mass is 716 g/mol. The summed E-state index contributed by atoms with van der Waals surface area (Å²) < 4.78 is 5.62. The molecular formula is C32H29ClN10O8. The van der Waals surface area contributed by atoms with Crippen molar-refractivity contribution < 1.29 is 24.0 Å². The topological polar surface area (TPSA) is 297 Å². The third kappa shape index (κ3) is 7.07. The summed E-state index contributed by atoms with van der Waals surface area (Å²) >= 11 is 0. The Kier molecular flexibility index (Phi) is 10.1. The fourth-order valence-corrected chi connectivity index (χ4v) is 5.57. The summed E-state index contributed by atoms with van der Waals surface area (Å²) in [7, 11) is 0. The Bertz CT molecular complexity index is 2440. The SMILES string of the molecule is Cl.NC(=O)c1ncn2c(C(=O)O)cc(C(=O)N[C@H]3CCc4cc(-c5noc(=O)[nH]5)ccc43)nc12.NCc1cccc(CNc2c(N)c(=O)c2=O)c1. The van der Waals surface area contributed by atoms with E-state index in [2.05, 4.69) is 35.3 Å². The van der Waals surface area contributed by atoms with Crippen LogP contribution in [0.1, 0.15) is 66.2 Å². The van der Waals surface area contributed by atoms with Gasteiger partial charge in [-0.1, -0.05) is 41.6 Å². The number of nitrogens with zero attached hydrogens (tertiary/aromatic N) is 4. The molecule has 10 N–H and O–H groups in total. The van der Waals surface area contributed by atoms with Gasteiger partial charge < -0.3 is 32.9 Å². The molecule has 3 aromatic heterocycles. The number of aromatic carboxylic acids is 1. The molecule has 0 fully saturated rings. The second-order valence-electron chi connectivity index (χ2n) is 11.2. The third-order valence-corrected chi connectivity index (χ3v) is 8.07. The van der Waals surface area contributed by atoms with E-state index in [0.717, 1.165) is 39.0 Å². The highest BCUT2D eigenvalue weighted by Crippen LogP contribution is 2.33. The van der Waals surface area contributed by atoms with Gasteiger partial charge in [0.1, 0.15) is 29.1 Å². The molecule has 3 heterocycles. The maximum absolute atomic E-state index is 12.9. The molecule has 1 aliphatic carbocycles. The number of hydrogen-bond donors (Lipinski definition) is 7. The van der Waals surface area contributed by atoms with Crippen molar-refractivity contribution in [3.05, 3.63) is 125 Å². The van der Waals surface area contributed by atoms with Crippen molar-refractivity contribution in [3.8, 4) is 11.4 Å². The van der Waals surface area contributed by atoms with Crippen molar-refractivity contribution in [2.24, 2.45) is 11.5 Å². The first-order valence-corrected chi connectivity index (χ1v) is 15.0. The van der Waals surface area contributed by atoms with Crippen LogP contribution in [0.3, 0.4) is 0 Å². The largest absolute Gasteiger partial charge is 0.477 e. The Hall–Kier alpha value is -6.66. The van der Waals surface area contributed by atoms with E-state index in [0.29, 0.717) is 37.3 Å². The Morgan fingerprint density at radius 2 is 1.82 bits per heavy atom. The number of H-pyrrole nitrogens is 1. The van der Waals surface area contributed by atoms with Gasteiger partial charge in [0.05, 0.1) is 6.04 Å². The van der Waals surface area contributed by atoms with E-state index in [4.69, 9.17) is 17.2 Å². The van der Waals surface area contributed by atoms with Crippen molar-refractivity contribution >= 4 is 47.2 Å². The third-order valence-electron chi connectivity index (χ3n) is 8.07. The number of primary amides is 1. The van der Waals surface area contributed by atoms with Crippen molar-refractivity contribution in [1.29, 1.82) is 0 Å². The van der Waals surface area contributed by atoms with Gasteiger partial charge in [-0.2, -0.15) is 0 Å². The maximum atomic E-state index is 12.9. The smallest absolute Gasteiger partial charge is 0.439 e. The second kappa shape index (κ2) is 14.4. The highest BCUT2D eigenvalue weighted by Gasteiger charge is 2.27. The molecule has 0 saturated carbocycles. The van der Waals surface area contributed by atoms with E-state index >= 15 is 0 Å². The quantitative estimate of drug-likeness (QED) is 0.101. The van der Waals surface area contributed by atoms with Crippen molar-refractivity contribution in [2.75, 3.05) is 11.1 Å². The number of carbonyl (C=O) groups excluding carboxylic acids is 2. The van der Waals surface area contributed by atoms with E-state index in [1.54, 1.807) is 6.07 Å². The van der Waals surface area contributed by atoms with Crippen LogP contribution in [-0.2, 0) is 19.5 Å². The first kappa shape index (κ1) is 35.6. The summed E-state index contributed by atoms with van der Waals surface area (Å²) in [5.74, 6) is -3.18. The number of benzene rings is 2. The summed E-state index contributed by atoms with van der Waals surface area (Å²) in [5, 5.41) is 18.9. The molecule has 18 nitrogen and oxygen atoms in total. The average Bonchev–Trinajstić information content (AvgIpc) is 3.86. The van der Waals surface area contributed by atoms with Gasteiger partial charge in [0.25, 0.3) is 22.7 Å². The molecule has 0 aliphatic heterocycles. The average molecular weight is 717 g/mol. The molecular weight excluding hydrogens is 688 g/mol. The molecule has 262 valence electrons. The van der Waals surface area contributed by atoms with Gasteiger partial charge in [0.15, 0.2) is 17.2 Å². The van der Waals surface area contributed by atoms with E-state index in [9.17, 15) is 33.9 Å². The van der Waals surface area contributed by atoms with Crippen LogP contribution in [0.5, 0.6) is 0 Å². The van der Waals surface area contributed by atoms with Crippen LogP contribution >= 0.6 is 12.4 Å². The van der Waals surface area contributed by atoms with Gasteiger partial charge in [-0.3, -0.25) is 33.1 Å². The van der Waals surface area contributed by atoms with Crippen LogP contribution in [0.15, 0.2) is 73.8 Å². The van der Waals surface area contributed by atoms with Gasteiger partial charge in [-0.25, -0.2) is 19.6 Å². The van der Waals surface area contributed by atoms with Crippen LogP contribution in [-0.4, -0.2) is 47.4 Å². The highest BCUT2D eigenvalue weighted by molar-refractivity contribution is 6.00. The van der Waals surface area contributed by atoms with E-state index in [1.165, 1.54) is 0 Å². The molecule has 0 bridgehead atoms. The number of hydrogen-bond acceptors (Lipinski definition) is 13. The molecule has 0 unspecified atom stereocenters. The van der Waals surface area contributed by atoms with E-state index in [-0.39, 0.29) is 52.6 Å². The van der Waals surface area contributed by atoms with Crippen LogP contribution in [0.2, 0.25) is 0 Å². The molecule has 6 aromatic rings. The van der Waals surface area contributed by atoms with Gasteiger partial charge >= 0.3 is 11.7 Å². The molecule has 0 radical (unpaired) electrons. The number of rotatable bonds is 9. The Morgan fingerprint density at radius 3 is 2.49 bits per heavy atom. The summed E-state index contributed by atoms with van der Waals surface area (Å²) in [4.78, 5) is 79.9. The minimum atomic E-state index is -1.32. The van der Waals surface area contributed by atoms with Crippen LogP contribution in [0, 0.1) is 0 Å². The number of fused-ring (bicyclic) bond motifs is 2. The second-order valence-corrected chi connectivity index (χ2v) is 11.2. The number of carboxylic acids is 1. The molecule has 1 aliphatic rings. The van der Waals surface area contributed by atoms with Crippen LogP contribution in [0.25, 0.3) is 17.0 Å². The predicted octanol–water partition coefficient (Wildman–Crippen LogP) is 0.644. The van der Waals surface area contributed by atoms with Gasteiger partial charge in [-0.05, 0) is 41.2 Å². The first-order valence-electron chi connectivity index (χ1n) is 15.0. The molecule has 51 heavy (non-hydrogen) atoms. The maximum Gasteiger partial charge on any atom is 0.439 e. The van der Waals surface area contributed by atoms with Crippen LogP contribution in [0.4, 0.5) is 11.4 Å². The Balaban J connectivity index is 0.000000237. The minimum absolute atomic E-state index is 0. The zero-order chi connectivity index (χ0) is 35.7. The number of amides is 2. The Morgan fingerprint density at radius 1 is 1.06 bits per heavy atom. The molecule has 7 rings (SSSR count). The highest BCUT2D eigenvalue weighted by atomic mass is 35.5. The molecule has 0 saturated heterocycles. The lowest BCUT2D eigenvalue weighted by molar-refractivity contribution is 0.0688. The standard InChI is InChI=1S/C20H15N7O6.C12H13N3O2.ClH/c21-15(28)14-17-23-12(6-13(19(30)31)27(17)7-22-14)18(29)24-11-4-2-8-5-9(1-3-10(8)11)16-25-20(32)33-26-16;13-5-7-2-1-3-8(4-7)6-15-10-9(14)11(16)12(10)17;/h1,3,5-7,11H,2,4H2,(H2,21,28)(H,24,29)(H,30,31)(H,25,26,32);1-4,15H,5-6,13-14H2;1H/t11-;;/m0../s1. The number of halogens is 1. The predicted molar refractivity (Wildman–Crippen MR) is 184 cm³/mol. The van der Waals surface area contributed by atoms with E-state index in [1.807, 2.05) is 36.4 Å². The van der Waals surface area contributed by atoms with Crippen molar-refractivity contribution in [3.63, 3.8) is 0 Å². The number of aromatic amines is 1. The number of nitrogens with two attached hydrogens (primary N) is 3. The molecule has 3 aromatic carbocycles. The number of nitrogens with one attached hydrogen (secondary N) is 3. The van der Waals surface area contributed by atoms with Gasteiger partial charge in [0.2, 0.25) is 0 Å². The summed E-state index contributed by atoms with van der Waals surface area (Å²) in [5.41, 5.74) is 19.0. The fourth-order valence-electron chi connectivity index (χ4n) is 5.57. The van der Waals surface area contributed by atoms with E-state index < -0.39 is 34.4 Å². The summed E-state index contributed by atoms with van der Waals surface area (Å²) in [6.07, 6.45) is 2.38. The number of nitrogen functional groups attached to an aromatic ring is 1. The fraction of sp³-hybridized carbons (Fsp3) is 0.156. The zero-order valence-corrected chi connectivity index (χ0v) is 27.2. The lowest BCUT2D eigenvalue weighted by Crippen LogP contribution is -2.36. The number of aromatic nitrogens is 5. The molecule has 19 heteroatoms. The number of aryl methyl sites for hydroxylation is 1. The number of carboxylic acid groups (broad SMARTS) is 1. The van der Waals surface area contributed by atoms with Crippen LogP contribution < -0.4 is 44.4 Å². The summed E-state index contributed by atoms with van der Waals surface area (Å²) in [6, 6.07) is 13.9. The lowest BCUT2D eigenvalue weighted by atomic mass is 10.0. The van der Waals surface area contributed by atoms with Gasteiger partial charge in [0, 0.05) is 24.7 Å². The number of imidazole rings is 1. The normalized spacial score (nSPS) is 13.2. The molecule has 1 atom stereocenters.